The van der Waals surface area contributed by atoms with Gasteiger partial charge in [0.2, 0.25) is 0 Å². The second-order valence-electron chi connectivity index (χ2n) is 4.12. The van der Waals surface area contributed by atoms with Gasteiger partial charge >= 0.3 is 0 Å². The van der Waals surface area contributed by atoms with Crippen molar-refractivity contribution < 1.29 is 4.79 Å². The Morgan fingerprint density at radius 3 is 3.00 bits per heavy atom. The summed E-state index contributed by atoms with van der Waals surface area (Å²) in [7, 11) is 0. The largest absolute Gasteiger partial charge is 0.397 e. The van der Waals surface area contributed by atoms with Crippen LogP contribution in [0.5, 0.6) is 0 Å². The maximum atomic E-state index is 12.2. The van der Waals surface area contributed by atoms with E-state index >= 15 is 0 Å². The third kappa shape index (κ3) is 2.44. The van der Waals surface area contributed by atoms with E-state index in [4.69, 9.17) is 5.73 Å². The average Bonchev–Trinajstić information content (AvgIpc) is 3.05. The summed E-state index contributed by atoms with van der Waals surface area (Å²) < 4.78 is 1.90. The number of hydrogen-bond donors (Lipinski definition) is 2. The Morgan fingerprint density at radius 2 is 2.30 bits per heavy atom. The van der Waals surface area contributed by atoms with Crippen molar-refractivity contribution >= 4 is 60.3 Å². The quantitative estimate of drug-likeness (QED) is 0.742. The second kappa shape index (κ2) is 5.51. The number of nitrogens with two attached hydrogens (primary N) is 1. The monoisotopic (exact) mass is 367 g/mol. The van der Waals surface area contributed by atoms with Crippen LogP contribution in [0.3, 0.4) is 0 Å². The zero-order chi connectivity index (χ0) is 14.1. The van der Waals surface area contributed by atoms with Gasteiger partial charge in [-0.2, -0.15) is 0 Å². The molecule has 1 amide bonds. The summed E-state index contributed by atoms with van der Waals surface area (Å²) in [5.74, 6) is -0.163. The zero-order valence-corrected chi connectivity index (χ0v) is 13.4. The fourth-order valence-electron chi connectivity index (χ4n) is 1.87. The Kier molecular flexibility index (Phi) is 3.73. The lowest BCUT2D eigenvalue weighted by molar-refractivity contribution is 0.0955. The van der Waals surface area contributed by atoms with Crippen LogP contribution in [0.2, 0.25) is 0 Å². The van der Waals surface area contributed by atoms with Gasteiger partial charge in [0.15, 0.2) is 0 Å². The van der Waals surface area contributed by atoms with Crippen molar-refractivity contribution in [2.24, 2.45) is 0 Å². The molecule has 0 saturated carbocycles. The molecule has 3 aromatic rings. The molecule has 0 aliphatic carbocycles. The number of thiophene rings is 1. The van der Waals surface area contributed by atoms with E-state index in [1.165, 1.54) is 22.7 Å². The fourth-order valence-corrected chi connectivity index (χ4v) is 4.21. The summed E-state index contributed by atoms with van der Waals surface area (Å²) in [4.78, 5) is 16.9. The molecule has 3 N–H and O–H groups in total. The Labute approximate surface area is 131 Å². The highest BCUT2D eigenvalue weighted by Crippen LogP contribution is 2.38. The highest BCUT2D eigenvalue weighted by molar-refractivity contribution is 9.10. The number of halogens is 1. The van der Waals surface area contributed by atoms with Crippen LogP contribution in [-0.2, 0) is 6.54 Å². The van der Waals surface area contributed by atoms with E-state index in [9.17, 15) is 4.79 Å². The standard InChI is InChI=1S/C13H10BrN3OS2/c14-8-2-1-3-9-10(8)11(15)12(20-9)13(18)16-4-7-5-19-6-17-7/h1-3,5-6H,4,15H2,(H,16,18). The molecule has 102 valence electrons. The van der Waals surface area contributed by atoms with E-state index < -0.39 is 0 Å². The van der Waals surface area contributed by atoms with Crippen molar-refractivity contribution in [3.05, 3.63) is 44.1 Å². The molecule has 0 fully saturated rings. The highest BCUT2D eigenvalue weighted by Gasteiger charge is 2.17. The van der Waals surface area contributed by atoms with E-state index in [-0.39, 0.29) is 5.91 Å². The van der Waals surface area contributed by atoms with Gasteiger partial charge in [-0.15, -0.1) is 22.7 Å². The molecule has 2 aromatic heterocycles. The first-order chi connectivity index (χ1) is 9.66. The van der Waals surface area contributed by atoms with Gasteiger partial charge in [-0.3, -0.25) is 4.79 Å². The van der Waals surface area contributed by atoms with Crippen LogP contribution in [0.25, 0.3) is 10.1 Å². The van der Waals surface area contributed by atoms with Crippen LogP contribution in [0.1, 0.15) is 15.4 Å². The Morgan fingerprint density at radius 1 is 1.45 bits per heavy atom. The number of nitrogens with one attached hydrogen (secondary N) is 1. The number of nitrogen functional groups attached to an aromatic ring is 1. The minimum absolute atomic E-state index is 0.163. The van der Waals surface area contributed by atoms with Crippen LogP contribution in [0.15, 0.2) is 33.6 Å². The molecule has 0 aliphatic heterocycles. The van der Waals surface area contributed by atoms with E-state index in [0.717, 1.165) is 20.3 Å². The van der Waals surface area contributed by atoms with E-state index in [2.05, 4.69) is 26.2 Å². The molecule has 7 heteroatoms. The van der Waals surface area contributed by atoms with Gasteiger partial charge < -0.3 is 11.1 Å². The molecule has 0 aliphatic rings. The van der Waals surface area contributed by atoms with Gasteiger partial charge in [0.1, 0.15) is 4.88 Å². The van der Waals surface area contributed by atoms with Gasteiger partial charge in [0, 0.05) is 19.9 Å². The topological polar surface area (TPSA) is 68.0 Å². The smallest absolute Gasteiger partial charge is 0.263 e. The Bertz CT molecular complexity index is 767. The van der Waals surface area contributed by atoms with Crippen LogP contribution >= 0.6 is 38.6 Å². The van der Waals surface area contributed by atoms with Gasteiger partial charge in [-0.05, 0) is 12.1 Å². The molecule has 20 heavy (non-hydrogen) atoms. The molecule has 0 bridgehead atoms. The number of thiazole rings is 1. The summed E-state index contributed by atoms with van der Waals surface area (Å²) in [5.41, 5.74) is 9.21. The minimum Gasteiger partial charge on any atom is -0.397 e. The summed E-state index contributed by atoms with van der Waals surface area (Å²) in [6.45, 7) is 0.414. The summed E-state index contributed by atoms with van der Waals surface area (Å²) in [5, 5.41) is 5.65. The number of amides is 1. The Balaban J connectivity index is 1.88. The molecule has 0 unspecified atom stereocenters. The second-order valence-corrected chi connectivity index (χ2v) is 6.75. The predicted molar refractivity (Wildman–Crippen MR) is 87.2 cm³/mol. The first-order valence-electron chi connectivity index (χ1n) is 5.78. The molecule has 3 rings (SSSR count). The lowest BCUT2D eigenvalue weighted by Gasteiger charge is -2.02. The highest BCUT2D eigenvalue weighted by atomic mass is 79.9. The number of carbonyl (C=O) groups excluding carboxylic acids is 1. The molecule has 4 nitrogen and oxygen atoms in total. The third-order valence-electron chi connectivity index (χ3n) is 2.82. The summed E-state index contributed by atoms with van der Waals surface area (Å²) >= 11 is 6.37. The van der Waals surface area contributed by atoms with E-state index in [1.807, 2.05) is 23.6 Å². The van der Waals surface area contributed by atoms with E-state index in [1.54, 1.807) is 5.51 Å². The van der Waals surface area contributed by atoms with Crippen molar-refractivity contribution in [1.29, 1.82) is 0 Å². The van der Waals surface area contributed by atoms with E-state index in [0.29, 0.717) is 17.1 Å². The molecule has 0 spiro atoms. The molecule has 1 aromatic carbocycles. The molecule has 0 saturated heterocycles. The number of hydrogen-bond acceptors (Lipinski definition) is 5. The molecular weight excluding hydrogens is 358 g/mol. The normalized spacial score (nSPS) is 10.8. The maximum Gasteiger partial charge on any atom is 0.263 e. The SMILES string of the molecule is Nc1c(C(=O)NCc2cscn2)sc2cccc(Br)c12. The first-order valence-corrected chi connectivity index (χ1v) is 8.34. The maximum absolute atomic E-state index is 12.2. The number of rotatable bonds is 3. The lowest BCUT2D eigenvalue weighted by atomic mass is 10.2. The van der Waals surface area contributed by atoms with Gasteiger partial charge in [0.25, 0.3) is 5.91 Å². The van der Waals surface area contributed by atoms with Crippen molar-refractivity contribution in [2.45, 2.75) is 6.54 Å². The van der Waals surface area contributed by atoms with Crippen LogP contribution < -0.4 is 11.1 Å². The zero-order valence-electron chi connectivity index (χ0n) is 10.2. The number of benzene rings is 1. The predicted octanol–water partition coefficient (Wildman–Crippen LogP) is 3.63. The number of carbonyl (C=O) groups is 1. The van der Waals surface area contributed by atoms with Crippen LogP contribution in [-0.4, -0.2) is 10.9 Å². The number of fused-ring (bicyclic) bond motifs is 1. The van der Waals surface area contributed by atoms with Gasteiger partial charge in [0.05, 0.1) is 23.4 Å². The summed E-state index contributed by atoms with van der Waals surface area (Å²) in [6.07, 6.45) is 0. The van der Waals surface area contributed by atoms with Crippen molar-refractivity contribution in [3.63, 3.8) is 0 Å². The number of aromatic nitrogens is 1. The Hall–Kier alpha value is -1.44. The number of nitrogens with zero attached hydrogens (tertiary/aromatic N) is 1. The van der Waals surface area contributed by atoms with Crippen molar-refractivity contribution in [1.82, 2.24) is 10.3 Å². The molecule has 0 atom stereocenters. The van der Waals surface area contributed by atoms with Crippen LogP contribution in [0, 0.1) is 0 Å². The summed E-state index contributed by atoms with van der Waals surface area (Å²) in [6, 6.07) is 5.81. The van der Waals surface area contributed by atoms with Crippen LogP contribution in [0.4, 0.5) is 5.69 Å². The lowest BCUT2D eigenvalue weighted by Crippen LogP contribution is -2.22. The molecule has 2 heterocycles. The van der Waals surface area contributed by atoms with Crippen molar-refractivity contribution in [3.8, 4) is 0 Å². The average molecular weight is 368 g/mol. The molecular formula is C13H10BrN3OS2. The van der Waals surface area contributed by atoms with Gasteiger partial charge in [-0.1, -0.05) is 22.0 Å². The number of anilines is 1. The minimum atomic E-state index is -0.163. The molecule has 0 radical (unpaired) electrons. The fraction of sp³-hybridized carbons (Fsp3) is 0.0769. The van der Waals surface area contributed by atoms with Crippen molar-refractivity contribution in [2.75, 3.05) is 5.73 Å². The van der Waals surface area contributed by atoms with Gasteiger partial charge in [-0.25, -0.2) is 4.98 Å². The third-order valence-corrected chi connectivity index (χ3v) is 5.29. The first kappa shape index (κ1) is 13.5.